The largest absolute Gasteiger partial charge is 0.488 e. The van der Waals surface area contributed by atoms with Crippen molar-refractivity contribution in [2.45, 2.75) is 17.2 Å². The van der Waals surface area contributed by atoms with E-state index in [1.165, 1.54) is 18.2 Å². The molecule has 2 aromatic rings. The van der Waals surface area contributed by atoms with E-state index in [0.717, 1.165) is 16.4 Å². The highest BCUT2D eigenvalue weighted by Crippen LogP contribution is 2.34. The lowest BCUT2D eigenvalue weighted by atomic mass is 10.1. The van der Waals surface area contributed by atoms with Crippen LogP contribution in [0, 0.1) is 46.9 Å². The van der Waals surface area contributed by atoms with Crippen LogP contribution in [0.3, 0.4) is 0 Å². The Morgan fingerprint density at radius 3 is 2.38 bits per heavy atom. The standard InChI is InChI=1S/C22H15F4N3O4S/c1-2-32-13-16-11-29(12-20(16)33-18-5-3-14(9-27)19(23)8-18)34(30,31)21-6-4-17(22(24,25)26)7-15(21)10-28/h1,3-8,16,20H,11-13H2/t16?,20-/m0/s1. The van der Waals surface area contributed by atoms with Crippen LogP contribution in [0.15, 0.2) is 41.3 Å². The molecular formula is C22H15F4N3O4S. The SMILES string of the molecule is C#COCC1CN(S(=O)(=O)c2ccc(C(F)(F)F)cc2C#N)C[C@@H]1Oc1ccc(C#N)c(F)c1. The van der Waals surface area contributed by atoms with Gasteiger partial charge in [-0.15, -0.1) is 0 Å². The first-order valence-corrected chi connectivity index (χ1v) is 11.0. The van der Waals surface area contributed by atoms with E-state index in [2.05, 4.69) is 0 Å². The van der Waals surface area contributed by atoms with Gasteiger partial charge in [0.15, 0.2) is 0 Å². The van der Waals surface area contributed by atoms with E-state index in [9.17, 15) is 31.2 Å². The average Bonchev–Trinajstić information content (AvgIpc) is 3.20. The summed E-state index contributed by atoms with van der Waals surface area (Å²) in [4.78, 5) is -0.593. The van der Waals surface area contributed by atoms with Gasteiger partial charge < -0.3 is 9.47 Å². The molecule has 0 aromatic heterocycles. The van der Waals surface area contributed by atoms with Gasteiger partial charge in [-0.2, -0.15) is 28.0 Å². The summed E-state index contributed by atoms with van der Waals surface area (Å²) in [6.07, 6.45) is 1.44. The van der Waals surface area contributed by atoms with E-state index in [-0.39, 0.29) is 31.0 Å². The summed E-state index contributed by atoms with van der Waals surface area (Å²) in [5.74, 6) is -1.43. The van der Waals surface area contributed by atoms with Crippen LogP contribution in [0.25, 0.3) is 0 Å². The molecule has 1 fully saturated rings. The molecule has 1 heterocycles. The third-order valence-electron chi connectivity index (χ3n) is 5.12. The molecule has 1 aliphatic rings. The molecule has 7 nitrogen and oxygen atoms in total. The highest BCUT2D eigenvalue weighted by Gasteiger charge is 2.42. The molecule has 2 atom stereocenters. The Bertz CT molecular complexity index is 1320. The summed E-state index contributed by atoms with van der Waals surface area (Å²) in [6, 6.07) is 8.44. The van der Waals surface area contributed by atoms with Gasteiger partial charge >= 0.3 is 6.18 Å². The Morgan fingerprint density at radius 2 is 1.79 bits per heavy atom. The highest BCUT2D eigenvalue weighted by molar-refractivity contribution is 7.89. The summed E-state index contributed by atoms with van der Waals surface area (Å²) in [5, 5.41) is 18.1. The first kappa shape index (κ1) is 24.8. The van der Waals surface area contributed by atoms with Crippen molar-refractivity contribution in [2.75, 3.05) is 19.7 Å². The van der Waals surface area contributed by atoms with Gasteiger partial charge in [0.2, 0.25) is 10.0 Å². The molecule has 0 saturated carbocycles. The number of rotatable bonds is 6. The monoisotopic (exact) mass is 493 g/mol. The van der Waals surface area contributed by atoms with Gasteiger partial charge in [0, 0.05) is 18.5 Å². The average molecular weight is 493 g/mol. The van der Waals surface area contributed by atoms with Gasteiger partial charge in [0.25, 0.3) is 0 Å². The van der Waals surface area contributed by atoms with E-state index in [4.69, 9.17) is 21.2 Å². The molecule has 0 aliphatic carbocycles. The second-order valence-electron chi connectivity index (χ2n) is 7.24. The molecule has 1 saturated heterocycles. The van der Waals surface area contributed by atoms with Gasteiger partial charge in [-0.3, -0.25) is 0 Å². The van der Waals surface area contributed by atoms with Crippen LogP contribution in [0.4, 0.5) is 17.6 Å². The van der Waals surface area contributed by atoms with E-state index >= 15 is 0 Å². The van der Waals surface area contributed by atoms with Gasteiger partial charge in [-0.25, -0.2) is 12.8 Å². The molecule has 0 spiro atoms. The Morgan fingerprint density at radius 1 is 1.09 bits per heavy atom. The first-order valence-electron chi connectivity index (χ1n) is 9.56. The topological polar surface area (TPSA) is 103 Å². The van der Waals surface area contributed by atoms with E-state index < -0.39 is 50.1 Å². The number of hydrogen-bond donors (Lipinski definition) is 0. The first-order chi connectivity index (χ1) is 16.0. The molecule has 0 radical (unpaired) electrons. The van der Waals surface area contributed by atoms with Gasteiger partial charge in [0.05, 0.1) is 28.1 Å². The maximum absolute atomic E-state index is 13.9. The highest BCUT2D eigenvalue weighted by atomic mass is 32.2. The number of nitriles is 2. The zero-order chi connectivity index (χ0) is 25.1. The number of halogens is 4. The molecule has 0 amide bonds. The fourth-order valence-corrected chi connectivity index (χ4v) is 5.07. The van der Waals surface area contributed by atoms with Crippen LogP contribution < -0.4 is 4.74 Å². The van der Waals surface area contributed by atoms with Gasteiger partial charge in [0.1, 0.15) is 42.5 Å². The van der Waals surface area contributed by atoms with Crippen molar-refractivity contribution in [1.29, 1.82) is 10.5 Å². The van der Waals surface area contributed by atoms with Crippen molar-refractivity contribution >= 4 is 10.0 Å². The lowest BCUT2D eigenvalue weighted by Gasteiger charge is -2.19. The van der Waals surface area contributed by atoms with Crippen LogP contribution in [0.2, 0.25) is 0 Å². The molecule has 12 heteroatoms. The van der Waals surface area contributed by atoms with Crippen molar-refractivity contribution in [2.24, 2.45) is 5.92 Å². The zero-order valence-electron chi connectivity index (χ0n) is 17.2. The molecule has 1 unspecified atom stereocenters. The lowest BCUT2D eigenvalue weighted by molar-refractivity contribution is -0.137. The maximum atomic E-state index is 13.9. The maximum Gasteiger partial charge on any atom is 0.416 e. The lowest BCUT2D eigenvalue weighted by Crippen LogP contribution is -2.31. The van der Waals surface area contributed by atoms with E-state index in [0.29, 0.717) is 12.1 Å². The van der Waals surface area contributed by atoms with Crippen LogP contribution in [-0.2, 0) is 20.9 Å². The van der Waals surface area contributed by atoms with Crippen molar-refractivity contribution in [3.8, 4) is 30.4 Å². The number of terminal acetylenes is 1. The molecule has 0 bridgehead atoms. The molecule has 0 N–H and O–H groups in total. The van der Waals surface area contributed by atoms with Crippen molar-refractivity contribution in [3.05, 3.63) is 58.9 Å². The summed E-state index contributed by atoms with van der Waals surface area (Å²) in [5.41, 5.74) is -2.03. The van der Waals surface area contributed by atoms with Gasteiger partial charge in [-0.05, 0) is 30.3 Å². The van der Waals surface area contributed by atoms with Crippen LogP contribution in [0.5, 0.6) is 5.75 Å². The number of benzene rings is 2. The molecule has 1 aliphatic heterocycles. The normalized spacial score (nSPS) is 18.5. The number of nitrogens with zero attached hydrogens (tertiary/aromatic N) is 3. The van der Waals surface area contributed by atoms with Crippen LogP contribution in [0.1, 0.15) is 16.7 Å². The Balaban J connectivity index is 1.91. The number of ether oxygens (including phenoxy) is 2. The summed E-state index contributed by atoms with van der Waals surface area (Å²) in [7, 11) is -4.41. The Labute approximate surface area is 192 Å². The summed E-state index contributed by atoms with van der Waals surface area (Å²) < 4.78 is 90.9. The zero-order valence-corrected chi connectivity index (χ0v) is 18.0. The van der Waals surface area contributed by atoms with Crippen molar-refractivity contribution < 1.29 is 35.5 Å². The van der Waals surface area contributed by atoms with Gasteiger partial charge in [-0.1, -0.05) is 6.42 Å². The number of alkyl halides is 3. The molecule has 34 heavy (non-hydrogen) atoms. The summed E-state index contributed by atoms with van der Waals surface area (Å²) in [6.45, 7) is -0.572. The van der Waals surface area contributed by atoms with Crippen LogP contribution >= 0.6 is 0 Å². The fourth-order valence-electron chi connectivity index (χ4n) is 3.44. The van der Waals surface area contributed by atoms with Crippen LogP contribution in [-0.4, -0.2) is 38.5 Å². The molecule has 3 rings (SSSR count). The second kappa shape index (κ2) is 9.60. The van der Waals surface area contributed by atoms with E-state index in [1.54, 1.807) is 6.07 Å². The fraction of sp³-hybridized carbons (Fsp3) is 0.273. The number of hydrogen-bond acceptors (Lipinski definition) is 6. The molecule has 2 aromatic carbocycles. The summed E-state index contributed by atoms with van der Waals surface area (Å²) >= 11 is 0. The predicted molar refractivity (Wildman–Crippen MR) is 109 cm³/mol. The Hall–Kier alpha value is -3.79. The predicted octanol–water partition coefficient (Wildman–Crippen LogP) is 3.26. The Kier molecular flexibility index (Phi) is 7.01. The minimum atomic E-state index is -4.76. The minimum Gasteiger partial charge on any atom is -0.488 e. The van der Waals surface area contributed by atoms with Crippen molar-refractivity contribution in [1.82, 2.24) is 4.31 Å². The molecule has 176 valence electrons. The molecular weight excluding hydrogens is 478 g/mol. The van der Waals surface area contributed by atoms with Crippen molar-refractivity contribution in [3.63, 3.8) is 0 Å². The smallest absolute Gasteiger partial charge is 0.416 e. The number of sulfonamides is 1. The quantitative estimate of drug-likeness (QED) is 0.452. The van der Waals surface area contributed by atoms with E-state index in [1.807, 2.05) is 6.11 Å². The second-order valence-corrected chi connectivity index (χ2v) is 9.15. The third-order valence-corrected chi connectivity index (χ3v) is 7.01. The third kappa shape index (κ3) is 5.07. The minimum absolute atomic E-state index is 0.0266.